The van der Waals surface area contributed by atoms with Crippen LogP contribution in [-0.2, 0) is 28.5 Å². The molecule has 19 heteroatoms. The number of rotatable bonds is 18. The lowest BCUT2D eigenvalue weighted by Crippen LogP contribution is -2.63. The van der Waals surface area contributed by atoms with Gasteiger partial charge in [-0.15, -0.1) is 0 Å². The van der Waals surface area contributed by atoms with E-state index in [2.05, 4.69) is 54.2 Å². The lowest BCUT2D eigenvalue weighted by molar-refractivity contribution is -0.138. The largest absolute Gasteiger partial charge is 0.508 e. The molecule has 0 aromatic heterocycles. The number of alkyl halides is 6. The molecule has 4 aliphatic rings. The second-order valence-electron chi connectivity index (χ2n) is 20.0. The number of hydrogen-bond donors (Lipinski definition) is 5. The Labute approximate surface area is 421 Å². The number of phenols is 1. The predicted octanol–water partition coefficient (Wildman–Crippen LogP) is 7.45. The molecule has 2 saturated heterocycles. The van der Waals surface area contributed by atoms with E-state index in [-0.39, 0.29) is 48.0 Å². The topological polar surface area (TPSA) is 156 Å². The number of likely N-dealkylation sites (N-methyl/N-ethyl adjacent to an activating group) is 1. The quantitative estimate of drug-likeness (QED) is 0.0640. The standard InChI is InChI=1S/C54H63F6N7O6/c1-65(29-40-24-37(14-21-48(40)68)36-10-17-46(18-11-36)67-32-44(33-67)64-50(70)28-62-52(72)39-5-3-7-42(26-39)54(58,59)60)22-23-73-47-19-12-35(13-20-47)34-8-15-45(16-9-34)66-30-43(31-66)63-49(69)27-61-51(71)38-4-2-6-41(25-38)53(55,56)57/h2-7,12-14,19-21,24-26,34,36,43-46,68H,8-11,15-18,22-23,27-33H2,1H3,(H,61,71)(H,62,72)(H,63,69)(H,64,70). The number of halogens is 6. The maximum Gasteiger partial charge on any atom is 0.416 e. The van der Waals surface area contributed by atoms with Crippen LogP contribution in [0.25, 0.3) is 0 Å². The van der Waals surface area contributed by atoms with Crippen LogP contribution in [0.3, 0.4) is 0 Å². The van der Waals surface area contributed by atoms with Crippen LogP contribution in [0.5, 0.6) is 11.5 Å². The Kier molecular flexibility index (Phi) is 17.0. The van der Waals surface area contributed by atoms with E-state index in [1.807, 2.05) is 25.2 Å². The van der Waals surface area contributed by atoms with Gasteiger partial charge in [0.2, 0.25) is 11.8 Å². The van der Waals surface area contributed by atoms with Crippen LogP contribution in [0.1, 0.15) is 112 Å². The molecule has 4 aromatic carbocycles. The normalized spacial score (nSPS) is 21.2. The number of aromatic hydroxyl groups is 1. The SMILES string of the molecule is CN(CCOc1ccc(C2CCC(N3CC(NC(=O)CNC(=O)c4cccc(C(F)(F)F)c4)C3)CC2)cc1)Cc1cc(C2CCC(N3CC(NC(=O)CNC(=O)c4cccc(C(F)(F)F)c4)C3)CC2)ccc1O. The van der Waals surface area contributed by atoms with E-state index >= 15 is 0 Å². The third kappa shape index (κ3) is 14.3. The zero-order valence-electron chi connectivity index (χ0n) is 40.7. The molecule has 0 atom stereocenters. The number of carbonyl (C=O) groups excluding carboxylic acids is 4. The molecule has 392 valence electrons. The average Bonchev–Trinajstić information content (AvgIpc) is 3.35. The van der Waals surface area contributed by atoms with E-state index in [1.54, 1.807) is 6.07 Å². The maximum atomic E-state index is 13.0. The van der Waals surface area contributed by atoms with Crippen LogP contribution in [0.2, 0.25) is 0 Å². The summed E-state index contributed by atoms with van der Waals surface area (Å²) in [5.41, 5.74) is 1.19. The summed E-state index contributed by atoms with van der Waals surface area (Å²) in [4.78, 5) is 56.6. The minimum absolute atomic E-state index is 0.0427. The summed E-state index contributed by atoms with van der Waals surface area (Å²) in [6.07, 6.45) is -0.923. The summed E-state index contributed by atoms with van der Waals surface area (Å²) >= 11 is 0. The van der Waals surface area contributed by atoms with Gasteiger partial charge in [-0.05, 0) is 136 Å². The number of carbonyl (C=O) groups is 4. The van der Waals surface area contributed by atoms with Gasteiger partial charge in [0.05, 0.1) is 36.3 Å². The highest BCUT2D eigenvalue weighted by Crippen LogP contribution is 2.39. The lowest BCUT2D eigenvalue weighted by atomic mass is 9.80. The van der Waals surface area contributed by atoms with Crippen LogP contribution < -0.4 is 26.0 Å². The van der Waals surface area contributed by atoms with Gasteiger partial charge in [-0.3, -0.25) is 33.9 Å². The summed E-state index contributed by atoms with van der Waals surface area (Å²) in [5.74, 6) is -0.372. The molecular weight excluding hydrogens is 957 g/mol. The number of ether oxygens (including phenoxy) is 1. The Morgan fingerprint density at radius 3 is 1.53 bits per heavy atom. The fourth-order valence-corrected chi connectivity index (χ4v) is 10.6. The Morgan fingerprint density at radius 2 is 1.07 bits per heavy atom. The first-order valence-corrected chi connectivity index (χ1v) is 25.1. The third-order valence-corrected chi connectivity index (χ3v) is 14.8. The van der Waals surface area contributed by atoms with E-state index < -0.39 is 41.2 Å². The molecule has 73 heavy (non-hydrogen) atoms. The fourth-order valence-electron chi connectivity index (χ4n) is 10.6. The van der Waals surface area contributed by atoms with E-state index in [4.69, 9.17) is 4.74 Å². The Balaban J connectivity index is 0.675. The highest BCUT2D eigenvalue weighted by Gasteiger charge is 2.38. The van der Waals surface area contributed by atoms with Crippen molar-refractivity contribution in [2.24, 2.45) is 0 Å². The molecule has 0 bridgehead atoms. The highest BCUT2D eigenvalue weighted by atomic mass is 19.4. The van der Waals surface area contributed by atoms with Gasteiger partial charge in [0.1, 0.15) is 18.1 Å². The van der Waals surface area contributed by atoms with Gasteiger partial charge >= 0.3 is 12.4 Å². The number of nitrogens with zero attached hydrogens (tertiary/aromatic N) is 3. The molecule has 2 aliphatic carbocycles. The number of amides is 4. The van der Waals surface area contributed by atoms with Crippen molar-refractivity contribution in [3.05, 3.63) is 130 Å². The molecule has 4 fully saturated rings. The van der Waals surface area contributed by atoms with Crippen molar-refractivity contribution in [1.29, 1.82) is 0 Å². The van der Waals surface area contributed by atoms with E-state index in [0.717, 1.165) is 99.1 Å². The number of phenolic OH excluding ortho intramolecular Hbond substituents is 1. The van der Waals surface area contributed by atoms with Crippen molar-refractivity contribution in [3.63, 3.8) is 0 Å². The summed E-state index contributed by atoms with van der Waals surface area (Å²) in [6, 6.07) is 23.2. The Bertz CT molecular complexity index is 2550. The summed E-state index contributed by atoms with van der Waals surface area (Å²) in [6.45, 7) is 3.88. The zero-order chi connectivity index (χ0) is 51.9. The van der Waals surface area contributed by atoms with Crippen LogP contribution in [-0.4, -0.2) is 127 Å². The zero-order valence-corrected chi connectivity index (χ0v) is 40.7. The van der Waals surface area contributed by atoms with Crippen LogP contribution in [0, 0.1) is 0 Å². The lowest BCUT2D eigenvalue weighted by Gasteiger charge is -2.46. The van der Waals surface area contributed by atoms with Crippen LogP contribution in [0.4, 0.5) is 26.3 Å². The Hall–Kier alpha value is -6.18. The average molecular weight is 1020 g/mol. The smallest absolute Gasteiger partial charge is 0.416 e. The molecule has 2 aliphatic heterocycles. The van der Waals surface area contributed by atoms with Crippen molar-refractivity contribution in [2.75, 3.05) is 59.5 Å². The number of hydrogen-bond acceptors (Lipinski definition) is 9. The molecule has 0 radical (unpaired) electrons. The Morgan fingerprint density at radius 1 is 0.616 bits per heavy atom. The molecule has 8 rings (SSSR count). The number of likely N-dealkylation sites (tertiary alicyclic amines) is 2. The van der Waals surface area contributed by atoms with Crippen molar-refractivity contribution < 1.29 is 55.4 Å². The van der Waals surface area contributed by atoms with E-state index in [0.29, 0.717) is 69.8 Å². The van der Waals surface area contributed by atoms with E-state index in [1.165, 1.54) is 23.3 Å². The number of benzene rings is 4. The van der Waals surface area contributed by atoms with Gasteiger partial charge in [0.25, 0.3) is 11.8 Å². The minimum Gasteiger partial charge on any atom is -0.508 e. The second kappa shape index (κ2) is 23.4. The number of nitrogens with one attached hydrogen (secondary N) is 4. The van der Waals surface area contributed by atoms with Gasteiger partial charge in [-0.25, -0.2) is 0 Å². The van der Waals surface area contributed by atoms with Crippen molar-refractivity contribution in [2.45, 2.75) is 106 Å². The first-order chi connectivity index (χ1) is 34.8. The molecule has 13 nitrogen and oxygen atoms in total. The van der Waals surface area contributed by atoms with Gasteiger partial charge in [0.15, 0.2) is 0 Å². The predicted molar refractivity (Wildman–Crippen MR) is 261 cm³/mol. The second-order valence-corrected chi connectivity index (χ2v) is 20.0. The summed E-state index contributed by atoms with van der Waals surface area (Å²) < 4.78 is 84.2. The molecule has 4 aromatic rings. The van der Waals surface area contributed by atoms with Crippen LogP contribution >= 0.6 is 0 Å². The first kappa shape index (κ1) is 53.1. The molecule has 5 N–H and O–H groups in total. The van der Waals surface area contributed by atoms with Gasteiger partial charge in [0, 0.05) is 68.0 Å². The van der Waals surface area contributed by atoms with Crippen molar-refractivity contribution in [1.82, 2.24) is 36.0 Å². The monoisotopic (exact) mass is 1020 g/mol. The molecule has 0 spiro atoms. The third-order valence-electron chi connectivity index (χ3n) is 14.8. The molecule has 2 saturated carbocycles. The summed E-state index contributed by atoms with van der Waals surface area (Å²) in [7, 11) is 2.01. The molecular formula is C54H63F6N7O6. The highest BCUT2D eigenvalue weighted by molar-refractivity contribution is 5.97. The van der Waals surface area contributed by atoms with Gasteiger partial charge in [-0.2, -0.15) is 26.3 Å². The van der Waals surface area contributed by atoms with Crippen molar-refractivity contribution >= 4 is 23.6 Å². The van der Waals surface area contributed by atoms with Crippen LogP contribution in [0.15, 0.2) is 91.0 Å². The fraction of sp³-hybridized carbons (Fsp3) is 0.481. The van der Waals surface area contributed by atoms with Gasteiger partial charge in [-0.1, -0.05) is 36.4 Å². The maximum absolute atomic E-state index is 13.0. The molecule has 4 amide bonds. The summed E-state index contributed by atoms with van der Waals surface area (Å²) in [5, 5.41) is 21.4. The molecule has 2 heterocycles. The van der Waals surface area contributed by atoms with Gasteiger partial charge < -0.3 is 31.1 Å². The first-order valence-electron chi connectivity index (χ1n) is 25.1. The van der Waals surface area contributed by atoms with E-state index in [9.17, 15) is 50.6 Å². The van der Waals surface area contributed by atoms with Crippen molar-refractivity contribution in [3.8, 4) is 11.5 Å². The molecule has 0 unspecified atom stereocenters. The minimum atomic E-state index is -4.57.